The second-order valence-corrected chi connectivity index (χ2v) is 9.32. The Bertz CT molecular complexity index is 1140. The average molecular weight is 404 g/mol. The van der Waals surface area contributed by atoms with Gasteiger partial charge in [-0.2, -0.15) is 5.26 Å². The van der Waals surface area contributed by atoms with Crippen molar-refractivity contribution in [3.8, 4) is 16.6 Å². The third-order valence-electron chi connectivity index (χ3n) is 3.47. The Morgan fingerprint density at radius 2 is 2.12 bits per heavy atom. The van der Waals surface area contributed by atoms with E-state index in [1.165, 1.54) is 23.1 Å². The Labute approximate surface area is 158 Å². The summed E-state index contributed by atoms with van der Waals surface area (Å²) in [6.07, 6.45) is 1.16. The summed E-state index contributed by atoms with van der Waals surface area (Å²) in [5.74, 6) is 0.433. The first kappa shape index (κ1) is 18.4. The lowest BCUT2D eigenvalue weighted by atomic mass is 10.2. The molecule has 0 atom stereocenters. The van der Waals surface area contributed by atoms with E-state index < -0.39 is 15.4 Å². The number of nitriles is 1. The summed E-state index contributed by atoms with van der Waals surface area (Å²) in [7, 11) is -3.28. The van der Waals surface area contributed by atoms with E-state index in [2.05, 4.69) is 9.97 Å². The van der Waals surface area contributed by atoms with E-state index >= 15 is 0 Å². The zero-order chi connectivity index (χ0) is 18.7. The van der Waals surface area contributed by atoms with Crippen molar-refractivity contribution in [3.05, 3.63) is 63.3 Å². The molecule has 0 radical (unpaired) electrons. The standard InChI is InChI=1S/C17H13N3O3S3/c1-26(22,23)12-5-2-4-11(8-12)10-25-17-19-15(14-6-3-7-24-14)13(9-18)16(21)20-17/h2-8H,10H2,1H3,(H,19,20,21). The summed E-state index contributed by atoms with van der Waals surface area (Å²) in [4.78, 5) is 20.2. The zero-order valence-corrected chi connectivity index (χ0v) is 16.0. The number of sulfone groups is 1. The van der Waals surface area contributed by atoms with Crippen LogP contribution in [0.3, 0.4) is 0 Å². The Morgan fingerprint density at radius 3 is 2.77 bits per heavy atom. The molecule has 2 heterocycles. The molecule has 3 aromatic rings. The molecule has 2 aromatic heterocycles. The van der Waals surface area contributed by atoms with Gasteiger partial charge in [0.05, 0.1) is 9.77 Å². The lowest BCUT2D eigenvalue weighted by molar-refractivity contribution is 0.602. The monoisotopic (exact) mass is 403 g/mol. The largest absolute Gasteiger partial charge is 0.300 e. The highest BCUT2D eigenvalue weighted by Gasteiger charge is 2.15. The fourth-order valence-corrected chi connectivity index (χ4v) is 4.45. The van der Waals surface area contributed by atoms with Gasteiger partial charge in [0.15, 0.2) is 15.0 Å². The van der Waals surface area contributed by atoms with E-state index in [1.54, 1.807) is 24.3 Å². The normalized spacial score (nSPS) is 11.2. The molecule has 6 nitrogen and oxygen atoms in total. The van der Waals surface area contributed by atoms with Crippen molar-refractivity contribution in [2.24, 2.45) is 0 Å². The van der Waals surface area contributed by atoms with Gasteiger partial charge in [-0.1, -0.05) is 30.0 Å². The molecule has 0 unspecified atom stereocenters. The highest BCUT2D eigenvalue weighted by atomic mass is 32.2. The lowest BCUT2D eigenvalue weighted by Gasteiger charge is -2.06. The van der Waals surface area contributed by atoms with Gasteiger partial charge < -0.3 is 4.98 Å². The number of aromatic amines is 1. The van der Waals surface area contributed by atoms with Crippen LogP contribution in [0.15, 0.2) is 56.6 Å². The van der Waals surface area contributed by atoms with Crippen molar-refractivity contribution in [2.45, 2.75) is 15.8 Å². The fraction of sp³-hybridized carbons (Fsp3) is 0.118. The number of aromatic nitrogens is 2. The van der Waals surface area contributed by atoms with E-state index in [1.807, 2.05) is 23.6 Å². The zero-order valence-electron chi connectivity index (χ0n) is 13.6. The minimum Gasteiger partial charge on any atom is -0.300 e. The maximum atomic E-state index is 12.2. The molecular formula is C17H13N3O3S3. The Hall–Kier alpha value is -2.41. The lowest BCUT2D eigenvalue weighted by Crippen LogP contribution is -2.14. The number of thiophene rings is 1. The molecule has 3 rings (SSSR count). The first-order valence-corrected chi connectivity index (χ1v) is 11.1. The molecule has 0 spiro atoms. The van der Waals surface area contributed by atoms with Crippen molar-refractivity contribution >= 4 is 32.9 Å². The molecule has 0 fully saturated rings. The van der Waals surface area contributed by atoms with E-state index in [-0.39, 0.29) is 10.5 Å². The number of thioether (sulfide) groups is 1. The van der Waals surface area contributed by atoms with Gasteiger partial charge >= 0.3 is 0 Å². The van der Waals surface area contributed by atoms with Crippen molar-refractivity contribution in [1.29, 1.82) is 5.26 Å². The van der Waals surface area contributed by atoms with Crippen LogP contribution < -0.4 is 5.56 Å². The number of hydrogen-bond acceptors (Lipinski definition) is 7. The van der Waals surface area contributed by atoms with Gasteiger partial charge in [0.1, 0.15) is 17.3 Å². The third-order valence-corrected chi connectivity index (χ3v) is 6.40. The molecule has 0 aliphatic rings. The summed E-state index contributed by atoms with van der Waals surface area (Å²) in [6.45, 7) is 0. The predicted octanol–water partition coefficient (Wildman–Crippen LogP) is 3.07. The summed E-state index contributed by atoms with van der Waals surface area (Å²) in [5, 5.41) is 11.5. The van der Waals surface area contributed by atoms with Crippen LogP contribution in [0.1, 0.15) is 11.1 Å². The number of rotatable bonds is 5. The van der Waals surface area contributed by atoms with Gasteiger partial charge in [0.25, 0.3) is 5.56 Å². The summed E-state index contributed by atoms with van der Waals surface area (Å²) < 4.78 is 23.3. The minimum atomic E-state index is -3.28. The molecular weight excluding hydrogens is 390 g/mol. The van der Waals surface area contributed by atoms with Crippen molar-refractivity contribution in [3.63, 3.8) is 0 Å². The minimum absolute atomic E-state index is 0.0177. The smallest absolute Gasteiger partial charge is 0.270 e. The van der Waals surface area contributed by atoms with Crippen molar-refractivity contribution in [2.75, 3.05) is 6.26 Å². The maximum absolute atomic E-state index is 12.2. The Balaban J connectivity index is 1.90. The van der Waals surface area contributed by atoms with Crippen LogP contribution in [-0.2, 0) is 15.6 Å². The van der Waals surface area contributed by atoms with Crippen LogP contribution in [0.2, 0.25) is 0 Å². The third kappa shape index (κ3) is 4.04. The first-order valence-electron chi connectivity index (χ1n) is 7.38. The van der Waals surface area contributed by atoms with E-state index in [0.29, 0.717) is 16.6 Å². The van der Waals surface area contributed by atoms with Gasteiger partial charge in [-0.15, -0.1) is 11.3 Å². The van der Waals surface area contributed by atoms with E-state index in [4.69, 9.17) is 0 Å². The quantitative estimate of drug-likeness (QED) is 0.519. The average Bonchev–Trinajstić information content (AvgIpc) is 3.13. The molecule has 0 bridgehead atoms. The van der Waals surface area contributed by atoms with Crippen LogP contribution in [-0.4, -0.2) is 24.6 Å². The van der Waals surface area contributed by atoms with Crippen LogP contribution in [0.25, 0.3) is 10.6 Å². The molecule has 132 valence electrons. The van der Waals surface area contributed by atoms with Crippen LogP contribution >= 0.6 is 23.1 Å². The molecule has 0 saturated heterocycles. The molecule has 1 N–H and O–H groups in total. The Morgan fingerprint density at radius 1 is 1.31 bits per heavy atom. The Kier molecular flexibility index (Phi) is 5.27. The molecule has 9 heteroatoms. The van der Waals surface area contributed by atoms with E-state index in [9.17, 15) is 18.5 Å². The second-order valence-electron chi connectivity index (χ2n) is 5.39. The van der Waals surface area contributed by atoms with Crippen molar-refractivity contribution < 1.29 is 8.42 Å². The fourth-order valence-electron chi connectivity index (χ4n) is 2.23. The number of nitrogens with one attached hydrogen (secondary N) is 1. The molecule has 0 aliphatic carbocycles. The summed E-state index contributed by atoms with van der Waals surface area (Å²) >= 11 is 2.67. The van der Waals surface area contributed by atoms with Gasteiger partial charge in [-0.25, -0.2) is 13.4 Å². The molecule has 26 heavy (non-hydrogen) atoms. The van der Waals surface area contributed by atoms with Gasteiger partial charge in [0.2, 0.25) is 0 Å². The first-order chi connectivity index (χ1) is 12.4. The van der Waals surface area contributed by atoms with Gasteiger partial charge in [0, 0.05) is 12.0 Å². The summed E-state index contributed by atoms with van der Waals surface area (Å²) in [6, 6.07) is 12.2. The highest BCUT2D eigenvalue weighted by Crippen LogP contribution is 2.27. The number of benzene rings is 1. The van der Waals surface area contributed by atoms with Crippen LogP contribution in [0.4, 0.5) is 0 Å². The highest BCUT2D eigenvalue weighted by molar-refractivity contribution is 7.98. The number of hydrogen-bond donors (Lipinski definition) is 1. The van der Waals surface area contributed by atoms with Gasteiger partial charge in [-0.3, -0.25) is 4.79 Å². The van der Waals surface area contributed by atoms with Crippen LogP contribution in [0.5, 0.6) is 0 Å². The second kappa shape index (κ2) is 7.45. The molecule has 0 amide bonds. The summed E-state index contributed by atoms with van der Waals surface area (Å²) in [5.41, 5.74) is 0.649. The molecule has 1 aromatic carbocycles. The molecule has 0 saturated carbocycles. The number of nitrogens with zero attached hydrogens (tertiary/aromatic N) is 2. The molecule has 0 aliphatic heterocycles. The predicted molar refractivity (Wildman–Crippen MR) is 102 cm³/mol. The van der Waals surface area contributed by atoms with Crippen LogP contribution in [0, 0.1) is 11.3 Å². The number of H-pyrrole nitrogens is 1. The van der Waals surface area contributed by atoms with Gasteiger partial charge in [-0.05, 0) is 29.1 Å². The van der Waals surface area contributed by atoms with E-state index in [0.717, 1.165) is 16.7 Å². The topological polar surface area (TPSA) is 104 Å². The SMILES string of the molecule is CS(=O)(=O)c1cccc(CSc2nc(-c3cccs3)c(C#N)c(=O)[nH]2)c1. The maximum Gasteiger partial charge on any atom is 0.270 e. The van der Waals surface area contributed by atoms with Crippen molar-refractivity contribution in [1.82, 2.24) is 9.97 Å².